The number of aromatic amines is 1. The number of nitro groups is 1. The number of benzene rings is 2. The van der Waals surface area contributed by atoms with Crippen LogP contribution in [-0.4, -0.2) is 16.5 Å². The van der Waals surface area contributed by atoms with Crippen molar-refractivity contribution in [2.24, 2.45) is 0 Å². The average Bonchev–Trinajstić information content (AvgIpc) is 2.98. The van der Waals surface area contributed by atoms with E-state index in [0.29, 0.717) is 5.56 Å². The molecule has 3 aromatic rings. The largest absolute Gasteiger partial charge is 0.361 e. The maximum atomic E-state index is 11.1. The highest BCUT2D eigenvalue weighted by Crippen LogP contribution is 2.23. The van der Waals surface area contributed by atoms with Crippen molar-refractivity contribution in [1.82, 2.24) is 10.3 Å². The highest BCUT2D eigenvalue weighted by molar-refractivity contribution is 5.83. The van der Waals surface area contributed by atoms with E-state index >= 15 is 0 Å². The van der Waals surface area contributed by atoms with Crippen molar-refractivity contribution in [3.63, 3.8) is 0 Å². The Morgan fingerprint density at radius 2 is 2.04 bits per heavy atom. The van der Waals surface area contributed by atoms with Gasteiger partial charge in [-0.05, 0) is 44.0 Å². The fourth-order valence-corrected chi connectivity index (χ4v) is 2.97. The second kappa shape index (κ2) is 6.84. The maximum absolute atomic E-state index is 11.1. The summed E-state index contributed by atoms with van der Waals surface area (Å²) >= 11 is 0. The highest BCUT2D eigenvalue weighted by Gasteiger charge is 2.14. The molecule has 0 fully saturated rings. The Hall–Kier alpha value is -2.66. The smallest absolute Gasteiger partial charge is 0.272 e. The Bertz CT molecular complexity index is 870. The lowest BCUT2D eigenvalue weighted by Gasteiger charge is -2.14. The van der Waals surface area contributed by atoms with Gasteiger partial charge in [0.1, 0.15) is 0 Å². The zero-order valence-corrected chi connectivity index (χ0v) is 13.9. The second-order valence-corrected chi connectivity index (χ2v) is 6.09. The van der Waals surface area contributed by atoms with Crippen LogP contribution in [0.2, 0.25) is 0 Å². The molecule has 0 spiro atoms. The quantitative estimate of drug-likeness (QED) is 0.525. The van der Waals surface area contributed by atoms with E-state index in [1.54, 1.807) is 13.0 Å². The van der Waals surface area contributed by atoms with Crippen LogP contribution in [0.1, 0.15) is 29.7 Å². The Morgan fingerprint density at radius 3 is 2.83 bits per heavy atom. The number of H-pyrrole nitrogens is 1. The van der Waals surface area contributed by atoms with Crippen LogP contribution in [0, 0.1) is 17.0 Å². The number of fused-ring (bicyclic) bond motifs is 1. The molecule has 0 saturated carbocycles. The van der Waals surface area contributed by atoms with E-state index in [2.05, 4.69) is 22.4 Å². The molecule has 124 valence electrons. The lowest BCUT2D eigenvalue weighted by atomic mass is 10.0. The summed E-state index contributed by atoms with van der Waals surface area (Å²) in [4.78, 5) is 14.0. The first-order valence-corrected chi connectivity index (χ1v) is 8.09. The molecule has 1 aromatic heterocycles. The van der Waals surface area contributed by atoms with Crippen molar-refractivity contribution in [1.29, 1.82) is 0 Å². The SMILES string of the molecule is Cc1ccc(C(C)NCCc2c[nH]c3ccccc23)cc1[N+](=O)[O-]. The minimum absolute atomic E-state index is 0.0644. The van der Waals surface area contributed by atoms with E-state index in [1.807, 2.05) is 37.4 Å². The van der Waals surface area contributed by atoms with Gasteiger partial charge in [-0.15, -0.1) is 0 Å². The lowest BCUT2D eigenvalue weighted by molar-refractivity contribution is -0.385. The van der Waals surface area contributed by atoms with Gasteiger partial charge in [0, 0.05) is 34.8 Å². The number of hydrogen-bond donors (Lipinski definition) is 2. The first-order valence-electron chi connectivity index (χ1n) is 8.09. The maximum Gasteiger partial charge on any atom is 0.272 e. The van der Waals surface area contributed by atoms with Crippen LogP contribution in [0.15, 0.2) is 48.7 Å². The second-order valence-electron chi connectivity index (χ2n) is 6.09. The summed E-state index contributed by atoms with van der Waals surface area (Å²) in [5.41, 5.74) is 4.23. The van der Waals surface area contributed by atoms with E-state index in [4.69, 9.17) is 0 Å². The van der Waals surface area contributed by atoms with Crippen molar-refractivity contribution in [2.45, 2.75) is 26.3 Å². The summed E-state index contributed by atoms with van der Waals surface area (Å²) in [5, 5.41) is 15.8. The van der Waals surface area contributed by atoms with Crippen LogP contribution in [0.25, 0.3) is 10.9 Å². The third-order valence-electron chi connectivity index (χ3n) is 4.45. The molecule has 0 amide bonds. The summed E-state index contributed by atoms with van der Waals surface area (Å²) in [5.74, 6) is 0. The minimum atomic E-state index is -0.322. The number of nitrogens with zero attached hydrogens (tertiary/aromatic N) is 1. The Morgan fingerprint density at radius 1 is 1.25 bits per heavy atom. The summed E-state index contributed by atoms with van der Waals surface area (Å²) < 4.78 is 0. The average molecular weight is 323 g/mol. The summed E-state index contributed by atoms with van der Waals surface area (Å²) in [7, 11) is 0. The fourth-order valence-electron chi connectivity index (χ4n) is 2.97. The molecule has 5 nitrogen and oxygen atoms in total. The van der Waals surface area contributed by atoms with E-state index in [9.17, 15) is 10.1 Å². The van der Waals surface area contributed by atoms with Gasteiger partial charge in [-0.25, -0.2) is 0 Å². The van der Waals surface area contributed by atoms with Gasteiger partial charge < -0.3 is 10.3 Å². The number of aryl methyl sites for hydroxylation is 1. The van der Waals surface area contributed by atoms with Crippen LogP contribution in [0.3, 0.4) is 0 Å². The summed E-state index contributed by atoms with van der Waals surface area (Å²) in [6.45, 7) is 4.60. The molecule has 0 aliphatic carbocycles. The monoisotopic (exact) mass is 323 g/mol. The molecular weight excluding hydrogens is 302 g/mol. The third-order valence-corrected chi connectivity index (χ3v) is 4.45. The molecule has 0 aliphatic heterocycles. The molecule has 0 saturated heterocycles. The molecule has 0 bridgehead atoms. The standard InChI is InChI=1S/C19H21N3O2/c1-13-7-8-15(11-19(13)22(23)24)14(2)20-10-9-16-12-21-18-6-4-3-5-17(16)18/h3-8,11-12,14,20-21H,9-10H2,1-2H3. The molecule has 2 aromatic carbocycles. The number of aromatic nitrogens is 1. The highest BCUT2D eigenvalue weighted by atomic mass is 16.6. The molecular formula is C19H21N3O2. The van der Waals surface area contributed by atoms with Crippen LogP contribution in [0.5, 0.6) is 0 Å². The molecule has 1 atom stereocenters. The first-order chi connectivity index (χ1) is 11.6. The van der Waals surface area contributed by atoms with E-state index in [-0.39, 0.29) is 16.7 Å². The van der Waals surface area contributed by atoms with Crippen LogP contribution in [0.4, 0.5) is 5.69 Å². The van der Waals surface area contributed by atoms with E-state index in [0.717, 1.165) is 24.0 Å². The zero-order valence-electron chi connectivity index (χ0n) is 13.9. The molecule has 1 heterocycles. The molecule has 0 radical (unpaired) electrons. The Labute approximate surface area is 140 Å². The van der Waals surface area contributed by atoms with Crippen molar-refractivity contribution in [3.8, 4) is 0 Å². The molecule has 2 N–H and O–H groups in total. The number of hydrogen-bond acceptors (Lipinski definition) is 3. The molecule has 5 heteroatoms. The van der Waals surface area contributed by atoms with Gasteiger partial charge in [0.2, 0.25) is 0 Å². The van der Waals surface area contributed by atoms with Gasteiger partial charge in [0.25, 0.3) is 5.69 Å². The Balaban J connectivity index is 1.64. The lowest BCUT2D eigenvalue weighted by Crippen LogP contribution is -2.21. The zero-order chi connectivity index (χ0) is 17.1. The van der Waals surface area contributed by atoms with E-state index < -0.39 is 0 Å². The van der Waals surface area contributed by atoms with Crippen molar-refractivity contribution >= 4 is 16.6 Å². The predicted octanol–water partition coefficient (Wildman–Crippen LogP) is 4.28. The first kappa shape index (κ1) is 16.2. The Kier molecular flexibility index (Phi) is 4.62. The minimum Gasteiger partial charge on any atom is -0.361 e. The number of nitrogens with one attached hydrogen (secondary N) is 2. The number of rotatable bonds is 6. The van der Waals surface area contributed by atoms with Gasteiger partial charge in [-0.3, -0.25) is 10.1 Å². The van der Waals surface area contributed by atoms with Crippen molar-refractivity contribution in [2.75, 3.05) is 6.54 Å². The van der Waals surface area contributed by atoms with Crippen molar-refractivity contribution in [3.05, 3.63) is 75.5 Å². The van der Waals surface area contributed by atoms with Crippen molar-refractivity contribution < 1.29 is 4.92 Å². The van der Waals surface area contributed by atoms with Gasteiger partial charge in [0.15, 0.2) is 0 Å². The summed E-state index contributed by atoms with van der Waals surface area (Å²) in [6.07, 6.45) is 2.95. The van der Waals surface area contributed by atoms with Gasteiger partial charge >= 0.3 is 0 Å². The van der Waals surface area contributed by atoms with Crippen LogP contribution < -0.4 is 5.32 Å². The topological polar surface area (TPSA) is 71.0 Å². The molecule has 1 unspecified atom stereocenters. The van der Waals surface area contributed by atoms with Gasteiger partial charge in [0.05, 0.1) is 4.92 Å². The number of para-hydroxylation sites is 1. The molecule has 0 aliphatic rings. The summed E-state index contributed by atoms with van der Waals surface area (Å²) in [6, 6.07) is 13.7. The van der Waals surface area contributed by atoms with Gasteiger partial charge in [-0.2, -0.15) is 0 Å². The van der Waals surface area contributed by atoms with Gasteiger partial charge in [-0.1, -0.05) is 30.3 Å². The number of nitro benzene ring substituents is 1. The normalized spacial score (nSPS) is 12.4. The predicted molar refractivity (Wildman–Crippen MR) is 96.3 cm³/mol. The van der Waals surface area contributed by atoms with Crippen LogP contribution in [-0.2, 0) is 6.42 Å². The van der Waals surface area contributed by atoms with E-state index in [1.165, 1.54) is 10.9 Å². The molecule has 24 heavy (non-hydrogen) atoms. The fraction of sp³-hybridized carbons (Fsp3) is 0.263. The third kappa shape index (κ3) is 3.31. The van der Waals surface area contributed by atoms with Crippen LogP contribution >= 0.6 is 0 Å². The molecule has 3 rings (SSSR count).